The summed E-state index contributed by atoms with van der Waals surface area (Å²) in [6.45, 7) is 2.39. The van der Waals surface area contributed by atoms with Gasteiger partial charge in [0.15, 0.2) is 12.5 Å². The van der Waals surface area contributed by atoms with Crippen LogP contribution in [0.1, 0.15) is 18.1 Å². The molecule has 0 aromatic heterocycles. The first-order valence-electron chi connectivity index (χ1n) is 8.51. The third-order valence-corrected chi connectivity index (χ3v) is 4.39. The van der Waals surface area contributed by atoms with Gasteiger partial charge in [0.05, 0.1) is 25.4 Å². The van der Waals surface area contributed by atoms with Crippen molar-refractivity contribution >= 4 is 0 Å². The summed E-state index contributed by atoms with van der Waals surface area (Å²) in [5.74, 6) is 0. The molecule has 0 radical (unpaired) electrons. The van der Waals surface area contributed by atoms with E-state index in [4.69, 9.17) is 19.9 Å². The molecule has 5 heteroatoms. The number of hydrogen-bond donors (Lipinski definition) is 1. The van der Waals surface area contributed by atoms with Crippen molar-refractivity contribution in [3.05, 3.63) is 71.8 Å². The average Bonchev–Trinajstić information content (AvgIpc) is 2.65. The van der Waals surface area contributed by atoms with Crippen molar-refractivity contribution in [3.63, 3.8) is 0 Å². The van der Waals surface area contributed by atoms with Gasteiger partial charge in [0.2, 0.25) is 0 Å². The zero-order valence-electron chi connectivity index (χ0n) is 14.3. The van der Waals surface area contributed by atoms with Crippen LogP contribution in [0.25, 0.3) is 0 Å². The van der Waals surface area contributed by atoms with Gasteiger partial charge in [-0.05, 0) is 18.1 Å². The molecule has 0 bridgehead atoms. The second kappa shape index (κ2) is 8.54. The molecule has 4 nitrogen and oxygen atoms in total. The van der Waals surface area contributed by atoms with Crippen molar-refractivity contribution in [3.8, 4) is 0 Å². The summed E-state index contributed by atoms with van der Waals surface area (Å²) in [4.78, 5) is 0. The van der Waals surface area contributed by atoms with Crippen molar-refractivity contribution in [2.45, 2.75) is 50.8 Å². The van der Waals surface area contributed by atoms with Gasteiger partial charge in [-0.25, -0.2) is 4.39 Å². The number of alkyl halides is 1. The molecule has 0 spiro atoms. The van der Waals surface area contributed by atoms with Gasteiger partial charge in [0, 0.05) is 0 Å². The molecule has 25 heavy (non-hydrogen) atoms. The van der Waals surface area contributed by atoms with E-state index >= 15 is 0 Å². The second-order valence-electron chi connectivity index (χ2n) is 6.29. The highest BCUT2D eigenvalue weighted by Gasteiger charge is 2.44. The molecule has 134 valence electrons. The molecule has 1 aliphatic rings. The molecule has 2 N–H and O–H groups in total. The molecule has 5 unspecified atom stereocenters. The minimum atomic E-state index is -1.45. The maximum absolute atomic E-state index is 14.9. The Kier molecular flexibility index (Phi) is 6.15. The van der Waals surface area contributed by atoms with Crippen molar-refractivity contribution in [1.82, 2.24) is 0 Å². The van der Waals surface area contributed by atoms with Crippen LogP contribution in [-0.2, 0) is 27.4 Å². The van der Waals surface area contributed by atoms with Gasteiger partial charge < -0.3 is 19.9 Å². The largest absolute Gasteiger partial charge is 0.369 e. The monoisotopic (exact) mass is 345 g/mol. The van der Waals surface area contributed by atoms with Crippen molar-refractivity contribution in [1.29, 1.82) is 0 Å². The SMILES string of the molecule is CC1OC(OCc2ccccc2)C(F)C(OCc2ccccc2)C1N. The van der Waals surface area contributed by atoms with Crippen LogP contribution in [0.5, 0.6) is 0 Å². The summed E-state index contributed by atoms with van der Waals surface area (Å²) in [5, 5.41) is 0. The molecule has 0 amide bonds. The number of halogens is 1. The number of benzene rings is 2. The van der Waals surface area contributed by atoms with Gasteiger partial charge >= 0.3 is 0 Å². The van der Waals surface area contributed by atoms with E-state index < -0.39 is 24.6 Å². The Hall–Kier alpha value is -1.79. The van der Waals surface area contributed by atoms with Gasteiger partial charge in [-0.1, -0.05) is 60.7 Å². The zero-order chi connectivity index (χ0) is 17.6. The van der Waals surface area contributed by atoms with Gasteiger partial charge in [-0.2, -0.15) is 0 Å². The van der Waals surface area contributed by atoms with Crippen molar-refractivity contribution in [2.75, 3.05) is 0 Å². The molecule has 2 aromatic rings. The Morgan fingerprint density at radius 3 is 2.00 bits per heavy atom. The lowest BCUT2D eigenvalue weighted by Crippen LogP contribution is -2.60. The summed E-state index contributed by atoms with van der Waals surface area (Å²) in [7, 11) is 0. The second-order valence-corrected chi connectivity index (χ2v) is 6.29. The fourth-order valence-electron chi connectivity index (χ4n) is 2.87. The first-order chi connectivity index (χ1) is 12.1. The highest BCUT2D eigenvalue weighted by atomic mass is 19.1. The molecule has 5 atom stereocenters. The quantitative estimate of drug-likeness (QED) is 0.873. The van der Waals surface area contributed by atoms with Gasteiger partial charge in [0.25, 0.3) is 0 Å². The van der Waals surface area contributed by atoms with Gasteiger partial charge in [0.1, 0.15) is 6.10 Å². The van der Waals surface area contributed by atoms with Crippen LogP contribution in [0.15, 0.2) is 60.7 Å². The number of hydrogen-bond acceptors (Lipinski definition) is 4. The molecule has 0 saturated carbocycles. The molecular weight excluding hydrogens is 321 g/mol. The maximum atomic E-state index is 14.9. The maximum Gasteiger partial charge on any atom is 0.192 e. The van der Waals surface area contributed by atoms with Gasteiger partial charge in [-0.3, -0.25) is 0 Å². The number of rotatable bonds is 6. The topological polar surface area (TPSA) is 53.7 Å². The standard InChI is InChI=1S/C20H24FNO3/c1-14-18(22)19(23-12-15-8-4-2-5-9-15)17(21)20(25-14)24-13-16-10-6-3-7-11-16/h2-11,14,17-20H,12-13,22H2,1H3. The summed E-state index contributed by atoms with van der Waals surface area (Å²) in [5.41, 5.74) is 8.04. The summed E-state index contributed by atoms with van der Waals surface area (Å²) in [6, 6.07) is 18.7. The summed E-state index contributed by atoms with van der Waals surface area (Å²) >= 11 is 0. The van der Waals surface area contributed by atoms with Crippen LogP contribution in [0, 0.1) is 0 Å². The fraction of sp³-hybridized carbons (Fsp3) is 0.400. The van der Waals surface area contributed by atoms with Crippen LogP contribution >= 0.6 is 0 Å². The summed E-state index contributed by atoms with van der Waals surface area (Å²) < 4.78 is 31.9. The lowest BCUT2D eigenvalue weighted by atomic mass is 9.98. The third kappa shape index (κ3) is 4.64. The first kappa shape index (κ1) is 18.0. The Morgan fingerprint density at radius 1 is 0.920 bits per heavy atom. The Labute approximate surface area is 147 Å². The van der Waals surface area contributed by atoms with Crippen LogP contribution in [-0.4, -0.2) is 30.7 Å². The van der Waals surface area contributed by atoms with E-state index in [1.807, 2.05) is 67.6 Å². The predicted molar refractivity (Wildman–Crippen MR) is 93.5 cm³/mol. The summed E-state index contributed by atoms with van der Waals surface area (Å²) in [6.07, 6.45) is -3.56. The van der Waals surface area contributed by atoms with Crippen LogP contribution < -0.4 is 5.73 Å². The van der Waals surface area contributed by atoms with E-state index in [0.717, 1.165) is 11.1 Å². The van der Waals surface area contributed by atoms with E-state index in [1.165, 1.54) is 0 Å². The lowest BCUT2D eigenvalue weighted by molar-refractivity contribution is -0.264. The van der Waals surface area contributed by atoms with E-state index in [9.17, 15) is 4.39 Å². The van der Waals surface area contributed by atoms with E-state index in [-0.39, 0.29) is 12.7 Å². The van der Waals surface area contributed by atoms with Gasteiger partial charge in [-0.15, -0.1) is 0 Å². The minimum absolute atomic E-state index is 0.277. The zero-order valence-corrected chi connectivity index (χ0v) is 14.3. The lowest BCUT2D eigenvalue weighted by Gasteiger charge is -2.40. The normalized spacial score (nSPS) is 29.5. The molecule has 2 aromatic carbocycles. The minimum Gasteiger partial charge on any atom is -0.369 e. The third-order valence-electron chi connectivity index (χ3n) is 4.39. The highest BCUT2D eigenvalue weighted by Crippen LogP contribution is 2.27. The first-order valence-corrected chi connectivity index (χ1v) is 8.51. The Bertz CT molecular complexity index is 640. The fourth-order valence-corrected chi connectivity index (χ4v) is 2.87. The van der Waals surface area contributed by atoms with E-state index in [2.05, 4.69) is 0 Å². The van der Waals surface area contributed by atoms with Crippen molar-refractivity contribution < 1.29 is 18.6 Å². The molecule has 1 heterocycles. The molecular formula is C20H24FNO3. The van der Waals surface area contributed by atoms with Crippen LogP contribution in [0.4, 0.5) is 4.39 Å². The molecule has 0 aliphatic carbocycles. The number of nitrogens with two attached hydrogens (primary N) is 1. The smallest absolute Gasteiger partial charge is 0.192 e. The Morgan fingerprint density at radius 2 is 1.44 bits per heavy atom. The molecule has 1 saturated heterocycles. The highest BCUT2D eigenvalue weighted by molar-refractivity contribution is 5.14. The molecule has 1 fully saturated rings. The van der Waals surface area contributed by atoms with Crippen LogP contribution in [0.3, 0.4) is 0 Å². The average molecular weight is 345 g/mol. The van der Waals surface area contributed by atoms with Crippen LogP contribution in [0.2, 0.25) is 0 Å². The van der Waals surface area contributed by atoms with Crippen molar-refractivity contribution in [2.24, 2.45) is 5.73 Å². The molecule has 1 aliphatic heterocycles. The number of ether oxygens (including phenoxy) is 3. The predicted octanol–water partition coefficient (Wildman–Crippen LogP) is 3.20. The van der Waals surface area contributed by atoms with E-state index in [0.29, 0.717) is 6.61 Å². The molecule has 3 rings (SSSR count). The van der Waals surface area contributed by atoms with E-state index in [1.54, 1.807) is 0 Å². The Balaban J connectivity index is 1.61.